The fourth-order valence-corrected chi connectivity index (χ4v) is 7.29. The Morgan fingerprint density at radius 1 is 1.18 bits per heavy atom. The molecule has 0 aromatic carbocycles. The predicted octanol–water partition coefficient (Wildman–Crippen LogP) is 3.68. The lowest BCUT2D eigenvalue weighted by Crippen LogP contribution is -2.51. The quantitative estimate of drug-likeness (QED) is 0.594. The van der Waals surface area contributed by atoms with Crippen molar-refractivity contribution in [3.8, 4) is 0 Å². The van der Waals surface area contributed by atoms with Gasteiger partial charge in [-0.3, -0.25) is 4.79 Å². The minimum Gasteiger partial charge on any atom is -0.462 e. The third-order valence-electron chi connectivity index (χ3n) is 8.68. The van der Waals surface area contributed by atoms with Crippen molar-refractivity contribution in [3.63, 3.8) is 0 Å². The molecule has 150 valence electrons. The average Bonchev–Trinajstić information content (AvgIpc) is 2.94. The van der Waals surface area contributed by atoms with Crippen molar-refractivity contribution in [2.75, 3.05) is 0 Å². The number of carbonyl (C=O) groups is 1. The first-order chi connectivity index (χ1) is 13.3. The molecule has 6 atom stereocenters. The number of aromatic nitrogens is 2. The minimum atomic E-state index is -0.218. The summed E-state index contributed by atoms with van der Waals surface area (Å²) in [6, 6.07) is 0. The molecule has 1 aromatic rings. The fraction of sp³-hybridized carbons (Fsp3) is 0.696. The predicted molar refractivity (Wildman–Crippen MR) is 106 cm³/mol. The Morgan fingerprint density at radius 3 is 2.75 bits per heavy atom. The highest BCUT2D eigenvalue weighted by molar-refractivity contribution is 5.66. The van der Waals surface area contributed by atoms with Crippen molar-refractivity contribution in [2.45, 2.75) is 77.2 Å². The van der Waals surface area contributed by atoms with Gasteiger partial charge in [0.05, 0.1) is 0 Å². The molecule has 0 saturated heterocycles. The van der Waals surface area contributed by atoms with Crippen molar-refractivity contribution < 1.29 is 9.53 Å². The lowest BCUT2D eigenvalue weighted by molar-refractivity contribution is -0.148. The van der Waals surface area contributed by atoms with Gasteiger partial charge in [-0.1, -0.05) is 25.5 Å². The number of aromatic amines is 1. The molecule has 0 spiro atoms. The Kier molecular flexibility index (Phi) is 3.91. The van der Waals surface area contributed by atoms with Crippen LogP contribution < -0.4 is 5.69 Å². The van der Waals surface area contributed by atoms with Crippen molar-refractivity contribution in [2.24, 2.45) is 23.2 Å². The second-order valence-corrected chi connectivity index (χ2v) is 9.98. The largest absolute Gasteiger partial charge is 0.462 e. The van der Waals surface area contributed by atoms with Gasteiger partial charge in [0.1, 0.15) is 6.10 Å². The summed E-state index contributed by atoms with van der Waals surface area (Å²) in [5.74, 6) is 1.73. The lowest BCUT2D eigenvalue weighted by Gasteiger charge is -2.57. The smallest absolute Gasteiger partial charge is 0.345 e. The van der Waals surface area contributed by atoms with Crippen LogP contribution in [0.15, 0.2) is 22.6 Å². The molecule has 0 aliphatic heterocycles. The van der Waals surface area contributed by atoms with Crippen LogP contribution in [-0.2, 0) is 21.4 Å². The maximum atomic E-state index is 11.9. The number of H-pyrrole nitrogens is 1. The first-order valence-electron chi connectivity index (χ1n) is 10.8. The van der Waals surface area contributed by atoms with Crippen LogP contribution in [0.5, 0.6) is 0 Å². The number of allylic oxidation sites excluding steroid dienone is 1. The van der Waals surface area contributed by atoms with Crippen LogP contribution in [-0.4, -0.2) is 22.0 Å². The summed E-state index contributed by atoms with van der Waals surface area (Å²) in [7, 11) is 0. The van der Waals surface area contributed by atoms with Crippen LogP contribution in [0.4, 0.5) is 0 Å². The molecule has 0 unspecified atom stereocenters. The molecule has 0 radical (unpaired) electrons. The number of ether oxygens (including phenoxy) is 1. The number of carbonyl (C=O) groups excluding carboxylic acids is 1. The van der Waals surface area contributed by atoms with Crippen molar-refractivity contribution in [1.82, 2.24) is 9.97 Å². The zero-order valence-corrected chi connectivity index (χ0v) is 17.1. The first-order valence-corrected chi connectivity index (χ1v) is 10.8. The van der Waals surface area contributed by atoms with Gasteiger partial charge >= 0.3 is 11.7 Å². The molecular weight excluding hydrogens is 352 g/mol. The summed E-state index contributed by atoms with van der Waals surface area (Å²) >= 11 is 0. The van der Waals surface area contributed by atoms with E-state index in [9.17, 15) is 9.59 Å². The molecule has 0 bridgehead atoms. The van der Waals surface area contributed by atoms with Crippen LogP contribution in [0.1, 0.15) is 70.6 Å². The Labute approximate surface area is 166 Å². The number of rotatable bonds is 1. The highest BCUT2D eigenvalue weighted by Gasteiger charge is 2.58. The van der Waals surface area contributed by atoms with Crippen LogP contribution >= 0.6 is 0 Å². The van der Waals surface area contributed by atoms with Gasteiger partial charge in [0, 0.05) is 30.7 Å². The number of nitrogens with one attached hydrogen (secondary N) is 1. The molecule has 5 nitrogen and oxygen atoms in total. The first kappa shape index (κ1) is 18.1. The molecule has 0 amide bonds. The van der Waals surface area contributed by atoms with Crippen molar-refractivity contribution >= 4 is 5.97 Å². The molecule has 4 aliphatic rings. The number of nitrogens with zero attached hydrogens (tertiary/aromatic N) is 1. The van der Waals surface area contributed by atoms with Gasteiger partial charge < -0.3 is 9.72 Å². The monoisotopic (exact) mass is 382 g/mol. The highest BCUT2D eigenvalue weighted by Crippen LogP contribution is 2.63. The van der Waals surface area contributed by atoms with E-state index in [0.717, 1.165) is 44.2 Å². The van der Waals surface area contributed by atoms with Gasteiger partial charge in [0.25, 0.3) is 0 Å². The molecule has 5 heteroatoms. The van der Waals surface area contributed by atoms with Gasteiger partial charge in [0.15, 0.2) is 0 Å². The molecule has 5 rings (SSSR count). The number of esters is 1. The summed E-state index contributed by atoms with van der Waals surface area (Å²) in [6.07, 6.45) is 11.8. The summed E-state index contributed by atoms with van der Waals surface area (Å²) in [4.78, 5) is 30.3. The summed E-state index contributed by atoms with van der Waals surface area (Å²) in [5, 5.41) is 0. The normalized spacial score (nSPS) is 41.2. The summed E-state index contributed by atoms with van der Waals surface area (Å²) in [5.41, 5.74) is 3.97. The van der Waals surface area contributed by atoms with Crippen molar-refractivity contribution in [3.05, 3.63) is 39.6 Å². The second-order valence-electron chi connectivity index (χ2n) is 9.98. The van der Waals surface area contributed by atoms with Gasteiger partial charge in [-0.2, -0.15) is 0 Å². The standard InChI is InChI=1S/C23H30N2O3/c1-13(26)28-16-6-8-22(2)15(11-16)4-5-17-18(22)7-9-23(3)19(17)10-14-12-24-21(27)25-20(14)23/h4,12,16-19H,5-11H2,1-3H3,(H,24,25,27)/t16-,17+,18-,19-,22-,23-/m0/s1. The summed E-state index contributed by atoms with van der Waals surface area (Å²) < 4.78 is 5.54. The van der Waals surface area contributed by atoms with Gasteiger partial charge in [-0.25, -0.2) is 9.78 Å². The van der Waals surface area contributed by atoms with E-state index >= 15 is 0 Å². The van der Waals surface area contributed by atoms with Crippen LogP contribution in [0.3, 0.4) is 0 Å². The van der Waals surface area contributed by atoms with Crippen LogP contribution in [0.25, 0.3) is 0 Å². The van der Waals surface area contributed by atoms with E-state index in [0.29, 0.717) is 17.8 Å². The lowest BCUT2D eigenvalue weighted by atomic mass is 9.48. The molecule has 2 fully saturated rings. The van der Waals surface area contributed by atoms with Gasteiger partial charge in [0.2, 0.25) is 0 Å². The third-order valence-corrected chi connectivity index (χ3v) is 8.68. The molecule has 28 heavy (non-hydrogen) atoms. The molecule has 1 N–H and O–H groups in total. The summed E-state index contributed by atoms with van der Waals surface area (Å²) in [6.45, 7) is 6.32. The Morgan fingerprint density at radius 2 is 1.96 bits per heavy atom. The van der Waals surface area contributed by atoms with E-state index in [2.05, 4.69) is 29.9 Å². The zero-order valence-electron chi connectivity index (χ0n) is 17.1. The molecule has 1 aromatic heterocycles. The van der Waals surface area contributed by atoms with Crippen molar-refractivity contribution in [1.29, 1.82) is 0 Å². The van der Waals surface area contributed by atoms with E-state index in [-0.39, 0.29) is 28.6 Å². The molecule has 2 saturated carbocycles. The van der Waals surface area contributed by atoms with E-state index in [4.69, 9.17) is 4.74 Å². The number of fused-ring (bicyclic) bond motifs is 7. The molecular formula is C23H30N2O3. The second kappa shape index (κ2) is 6.04. The molecule has 4 aliphatic carbocycles. The third kappa shape index (κ3) is 2.47. The highest BCUT2D eigenvalue weighted by atomic mass is 16.5. The van der Waals surface area contributed by atoms with E-state index in [1.165, 1.54) is 24.5 Å². The SMILES string of the molecule is CC(=O)O[C@H]1CC[C@@]2(C)C(=CC[C@@H]3[C@@H]2CC[C@]2(C)c4[nH]c(=O)ncc4C[C@@H]32)C1. The maximum Gasteiger partial charge on any atom is 0.345 e. The van der Waals surface area contributed by atoms with Crippen LogP contribution in [0, 0.1) is 23.2 Å². The van der Waals surface area contributed by atoms with Crippen LogP contribution in [0.2, 0.25) is 0 Å². The van der Waals surface area contributed by atoms with E-state index in [1.54, 1.807) is 0 Å². The Balaban J connectivity index is 1.46. The fourth-order valence-electron chi connectivity index (χ4n) is 7.29. The molecule has 1 heterocycles. The van der Waals surface area contributed by atoms with E-state index < -0.39 is 0 Å². The zero-order chi connectivity index (χ0) is 19.7. The topological polar surface area (TPSA) is 72.1 Å². The Bertz CT molecular complexity index is 919. The van der Waals surface area contributed by atoms with Gasteiger partial charge in [-0.15, -0.1) is 0 Å². The number of hydrogen-bond donors (Lipinski definition) is 1. The number of hydrogen-bond acceptors (Lipinski definition) is 4. The van der Waals surface area contributed by atoms with E-state index in [1.807, 2.05) is 6.20 Å². The Hall–Kier alpha value is -1.91. The average molecular weight is 383 g/mol. The minimum absolute atomic E-state index is 0.0501. The maximum absolute atomic E-state index is 11.9. The van der Waals surface area contributed by atoms with Gasteiger partial charge in [-0.05, 0) is 67.3 Å².